The standard InChI is InChI=1S/C29H34N2O6S.C4H4O4/c1-36-23-11-10-20-19-30(17-14-29-13-12-21(32)18-25(29)37-27(23)26(20)29)15-6-2-3-7-16-31-28(33)22-8-4-5-9-24(22)38(31,34)35;5-3(6)1-2-4(7)8/h4-5,8-13,21,25,32H,2-3,6-7,14-19H2,1H3;1-2H,(H,5,6)(H,7,8)/b;2-1+/t21-,25-,29-;/m0./s1. The summed E-state index contributed by atoms with van der Waals surface area (Å²) in [6, 6.07) is 10.6. The van der Waals surface area contributed by atoms with Crippen molar-refractivity contribution < 1.29 is 47.6 Å². The van der Waals surface area contributed by atoms with Gasteiger partial charge < -0.3 is 24.8 Å². The van der Waals surface area contributed by atoms with E-state index in [1.165, 1.54) is 17.2 Å². The molecule has 3 heterocycles. The summed E-state index contributed by atoms with van der Waals surface area (Å²) >= 11 is 0. The van der Waals surface area contributed by atoms with E-state index in [2.05, 4.69) is 17.0 Å². The molecule has 246 valence electrons. The van der Waals surface area contributed by atoms with E-state index in [0.717, 1.165) is 61.1 Å². The van der Waals surface area contributed by atoms with Gasteiger partial charge in [0, 0.05) is 37.2 Å². The first-order valence-electron chi connectivity index (χ1n) is 15.2. The molecule has 0 unspecified atom stereocenters. The number of aliphatic carboxylic acids is 2. The van der Waals surface area contributed by atoms with Crippen LogP contribution in [0.4, 0.5) is 0 Å². The van der Waals surface area contributed by atoms with Crippen molar-refractivity contribution in [3.8, 4) is 11.5 Å². The number of carboxylic acids is 2. The van der Waals surface area contributed by atoms with Crippen LogP contribution in [-0.4, -0.2) is 89.7 Å². The average molecular weight is 655 g/mol. The average Bonchev–Trinajstić information content (AvgIpc) is 3.38. The van der Waals surface area contributed by atoms with E-state index in [9.17, 15) is 27.9 Å². The Morgan fingerprint density at radius 2 is 1.74 bits per heavy atom. The number of rotatable bonds is 10. The minimum atomic E-state index is -3.72. The first-order valence-corrected chi connectivity index (χ1v) is 16.7. The zero-order valence-corrected chi connectivity index (χ0v) is 26.3. The molecule has 1 aliphatic carbocycles. The van der Waals surface area contributed by atoms with E-state index in [1.807, 2.05) is 12.1 Å². The Labute approximate surface area is 267 Å². The largest absolute Gasteiger partial charge is 0.493 e. The lowest BCUT2D eigenvalue weighted by molar-refractivity contribution is -0.134. The van der Waals surface area contributed by atoms with Crippen molar-refractivity contribution in [3.63, 3.8) is 0 Å². The Kier molecular flexibility index (Phi) is 9.85. The van der Waals surface area contributed by atoms with E-state index < -0.39 is 34.0 Å². The third kappa shape index (κ3) is 6.53. The molecule has 46 heavy (non-hydrogen) atoms. The number of fused-ring (bicyclic) bond motifs is 1. The fourth-order valence-electron chi connectivity index (χ4n) is 6.72. The first kappa shape index (κ1) is 33.2. The van der Waals surface area contributed by atoms with Gasteiger partial charge >= 0.3 is 11.9 Å². The molecule has 2 aromatic rings. The third-order valence-electron chi connectivity index (χ3n) is 8.90. The highest BCUT2D eigenvalue weighted by Gasteiger charge is 2.52. The molecule has 1 amide bonds. The SMILES string of the molecule is COc1ccc2c3c1O[C@H]1C[C@@H](O)C=C[C@@]31CCN(CCCCCCN1C(=O)c3ccccc3S1(=O)=O)C2.O=C(O)/C=C/C(=O)O. The third-order valence-corrected chi connectivity index (χ3v) is 10.7. The number of nitrogens with zero attached hydrogens (tertiary/aromatic N) is 2. The summed E-state index contributed by atoms with van der Waals surface area (Å²) in [7, 11) is -2.06. The minimum Gasteiger partial charge on any atom is -0.493 e. The summed E-state index contributed by atoms with van der Waals surface area (Å²) in [5.74, 6) is -1.36. The van der Waals surface area contributed by atoms with Crippen LogP contribution in [0.15, 0.2) is 65.6 Å². The van der Waals surface area contributed by atoms with Crippen LogP contribution >= 0.6 is 0 Å². The quantitative estimate of drug-likeness (QED) is 0.195. The molecule has 13 heteroatoms. The van der Waals surface area contributed by atoms with E-state index in [-0.39, 0.29) is 28.5 Å². The summed E-state index contributed by atoms with van der Waals surface area (Å²) in [6.07, 6.45) is 9.59. The van der Waals surface area contributed by atoms with Crippen LogP contribution in [0.2, 0.25) is 0 Å². The summed E-state index contributed by atoms with van der Waals surface area (Å²) in [5.41, 5.74) is 2.50. The number of carbonyl (C=O) groups excluding carboxylic acids is 1. The second kappa shape index (κ2) is 13.7. The number of ether oxygens (including phenoxy) is 2. The van der Waals surface area contributed by atoms with Gasteiger partial charge in [0.05, 0.1) is 24.2 Å². The number of sulfonamides is 1. The second-order valence-electron chi connectivity index (χ2n) is 11.8. The van der Waals surface area contributed by atoms with Gasteiger partial charge in [0.1, 0.15) is 11.0 Å². The Morgan fingerprint density at radius 3 is 2.41 bits per heavy atom. The second-order valence-corrected chi connectivity index (χ2v) is 13.6. The van der Waals surface area contributed by atoms with E-state index >= 15 is 0 Å². The molecule has 2 aromatic carbocycles. The van der Waals surface area contributed by atoms with Crippen LogP contribution in [0.3, 0.4) is 0 Å². The zero-order valence-electron chi connectivity index (χ0n) is 25.5. The highest BCUT2D eigenvalue weighted by molar-refractivity contribution is 7.90. The van der Waals surface area contributed by atoms with Gasteiger partial charge in [0.2, 0.25) is 0 Å². The molecule has 1 spiro atoms. The number of hydrogen-bond acceptors (Lipinski definition) is 9. The van der Waals surface area contributed by atoms with Gasteiger partial charge in [-0.3, -0.25) is 9.69 Å². The molecule has 0 bridgehead atoms. The lowest BCUT2D eigenvalue weighted by atomic mass is 9.69. The molecule has 12 nitrogen and oxygen atoms in total. The number of carboxylic acid groups (broad SMARTS) is 2. The number of benzene rings is 2. The number of hydrogen-bond donors (Lipinski definition) is 3. The number of unbranched alkanes of at least 4 members (excludes halogenated alkanes) is 3. The molecule has 0 aromatic heterocycles. The fraction of sp³-hybridized carbons (Fsp3) is 0.424. The lowest BCUT2D eigenvalue weighted by Crippen LogP contribution is -2.43. The van der Waals surface area contributed by atoms with Gasteiger partial charge in [-0.25, -0.2) is 22.3 Å². The Morgan fingerprint density at radius 1 is 1.04 bits per heavy atom. The number of aliphatic hydroxyl groups excluding tert-OH is 1. The number of carbonyl (C=O) groups is 3. The first-order chi connectivity index (χ1) is 22.0. The molecule has 3 aliphatic heterocycles. The van der Waals surface area contributed by atoms with Crippen LogP contribution in [0.25, 0.3) is 0 Å². The predicted octanol–water partition coefficient (Wildman–Crippen LogP) is 3.34. The van der Waals surface area contributed by atoms with Gasteiger partial charge in [-0.1, -0.05) is 43.2 Å². The van der Waals surface area contributed by atoms with Crippen molar-refractivity contribution in [2.45, 2.75) is 67.6 Å². The molecule has 0 saturated carbocycles. The Hall–Kier alpha value is -4.20. The van der Waals surface area contributed by atoms with Crippen molar-refractivity contribution in [1.29, 1.82) is 0 Å². The van der Waals surface area contributed by atoms with Crippen LogP contribution < -0.4 is 9.47 Å². The lowest BCUT2D eigenvalue weighted by Gasteiger charge is -2.35. The van der Waals surface area contributed by atoms with Gasteiger partial charge in [0.15, 0.2) is 11.5 Å². The Bertz CT molecular complexity index is 1650. The monoisotopic (exact) mass is 654 g/mol. The van der Waals surface area contributed by atoms with Crippen molar-refractivity contribution in [2.24, 2.45) is 0 Å². The molecule has 0 saturated heterocycles. The topological polar surface area (TPSA) is 171 Å². The fourth-order valence-corrected chi connectivity index (χ4v) is 8.33. The van der Waals surface area contributed by atoms with Crippen molar-refractivity contribution >= 4 is 27.9 Å². The van der Waals surface area contributed by atoms with Crippen LogP contribution in [0, 0.1) is 0 Å². The van der Waals surface area contributed by atoms with E-state index in [0.29, 0.717) is 25.0 Å². The predicted molar refractivity (Wildman–Crippen MR) is 166 cm³/mol. The molecule has 0 fully saturated rings. The van der Waals surface area contributed by atoms with E-state index in [4.69, 9.17) is 19.7 Å². The van der Waals surface area contributed by atoms with Gasteiger partial charge in [-0.15, -0.1) is 0 Å². The molecule has 4 aliphatic rings. The number of amides is 1. The summed E-state index contributed by atoms with van der Waals surface area (Å²) in [6.45, 7) is 2.93. The van der Waals surface area contributed by atoms with Gasteiger partial charge in [-0.2, -0.15) is 0 Å². The van der Waals surface area contributed by atoms with Crippen LogP contribution in [0.1, 0.15) is 60.0 Å². The number of methoxy groups -OCH3 is 1. The van der Waals surface area contributed by atoms with Crippen LogP contribution in [-0.2, 0) is 31.6 Å². The minimum absolute atomic E-state index is 0.0942. The zero-order chi connectivity index (χ0) is 33.1. The molecule has 0 radical (unpaired) electrons. The molecule has 6 rings (SSSR count). The van der Waals surface area contributed by atoms with Crippen molar-refractivity contribution in [3.05, 3.63) is 77.4 Å². The normalized spacial score (nSPS) is 23.9. The summed E-state index contributed by atoms with van der Waals surface area (Å²) in [4.78, 5) is 34.3. The smallest absolute Gasteiger partial charge is 0.328 e. The van der Waals surface area contributed by atoms with E-state index in [1.54, 1.807) is 25.3 Å². The maximum Gasteiger partial charge on any atom is 0.328 e. The summed E-state index contributed by atoms with van der Waals surface area (Å²) in [5, 5.41) is 25.9. The van der Waals surface area contributed by atoms with Gasteiger partial charge in [-0.05, 0) is 56.1 Å². The number of aliphatic hydroxyl groups is 1. The molecule has 3 atom stereocenters. The molecule has 3 N–H and O–H groups in total. The Balaban J connectivity index is 0.000000463. The molecular formula is C33H38N2O10S. The van der Waals surface area contributed by atoms with Crippen LogP contribution in [0.5, 0.6) is 11.5 Å². The summed E-state index contributed by atoms with van der Waals surface area (Å²) < 4.78 is 38.5. The molecular weight excluding hydrogens is 616 g/mol. The maximum absolute atomic E-state index is 12.7. The van der Waals surface area contributed by atoms with Crippen molar-refractivity contribution in [1.82, 2.24) is 9.21 Å². The van der Waals surface area contributed by atoms with Crippen molar-refractivity contribution in [2.75, 3.05) is 26.7 Å². The maximum atomic E-state index is 12.7. The van der Waals surface area contributed by atoms with Gasteiger partial charge in [0.25, 0.3) is 15.9 Å². The highest BCUT2D eigenvalue weighted by Crippen LogP contribution is 2.55. The highest BCUT2D eigenvalue weighted by atomic mass is 32.2.